The maximum absolute atomic E-state index is 12.4. The van der Waals surface area contributed by atoms with Gasteiger partial charge in [0.25, 0.3) is 5.91 Å². The Morgan fingerprint density at radius 2 is 1.91 bits per heavy atom. The zero-order valence-corrected chi connectivity index (χ0v) is 14.5. The van der Waals surface area contributed by atoms with Crippen LogP contribution < -0.4 is 0 Å². The number of hydrogen-bond acceptors (Lipinski definition) is 5. The summed E-state index contributed by atoms with van der Waals surface area (Å²) in [5.74, 6) is 0.0897. The SMILES string of the molecule is CS(=O)(=O)N1CCOCC2(CCN(C(=O)[C@H]3CCCO3)CC2)C1. The van der Waals surface area contributed by atoms with Gasteiger partial charge in [-0.15, -0.1) is 0 Å². The molecular weight excluding hydrogens is 320 g/mol. The molecule has 1 atom stereocenters. The number of nitrogens with zero attached hydrogens (tertiary/aromatic N) is 2. The number of hydrogen-bond donors (Lipinski definition) is 0. The third kappa shape index (κ3) is 3.87. The molecular formula is C15H26N2O5S. The van der Waals surface area contributed by atoms with Crippen LogP contribution >= 0.6 is 0 Å². The molecule has 0 aliphatic carbocycles. The van der Waals surface area contributed by atoms with Crippen LogP contribution in [0.3, 0.4) is 0 Å². The second-order valence-electron chi connectivity index (χ2n) is 6.98. The van der Waals surface area contributed by atoms with E-state index in [4.69, 9.17) is 9.47 Å². The first-order chi connectivity index (χ1) is 10.9. The molecule has 1 spiro atoms. The van der Waals surface area contributed by atoms with Crippen molar-refractivity contribution in [1.82, 2.24) is 9.21 Å². The fourth-order valence-electron chi connectivity index (χ4n) is 3.72. The van der Waals surface area contributed by atoms with Crippen LogP contribution in [-0.4, -0.2) is 81.9 Å². The summed E-state index contributed by atoms with van der Waals surface area (Å²) in [5, 5.41) is 0. The van der Waals surface area contributed by atoms with Crippen molar-refractivity contribution in [3.8, 4) is 0 Å². The molecule has 3 saturated heterocycles. The first-order valence-electron chi connectivity index (χ1n) is 8.33. The Labute approximate surface area is 138 Å². The van der Waals surface area contributed by atoms with Gasteiger partial charge in [0.2, 0.25) is 10.0 Å². The Morgan fingerprint density at radius 1 is 1.17 bits per heavy atom. The molecule has 3 fully saturated rings. The lowest BCUT2D eigenvalue weighted by molar-refractivity contribution is -0.143. The van der Waals surface area contributed by atoms with Gasteiger partial charge in [-0.1, -0.05) is 0 Å². The van der Waals surface area contributed by atoms with Crippen molar-refractivity contribution in [1.29, 1.82) is 0 Å². The van der Waals surface area contributed by atoms with Crippen molar-refractivity contribution >= 4 is 15.9 Å². The predicted octanol–water partition coefficient (Wildman–Crippen LogP) is 0.0660. The number of sulfonamides is 1. The largest absolute Gasteiger partial charge is 0.379 e. The van der Waals surface area contributed by atoms with E-state index in [1.807, 2.05) is 4.90 Å². The van der Waals surface area contributed by atoms with Crippen molar-refractivity contribution in [3.63, 3.8) is 0 Å². The normalized spacial score (nSPS) is 29.6. The van der Waals surface area contributed by atoms with Crippen molar-refractivity contribution in [2.45, 2.75) is 31.8 Å². The average molecular weight is 346 g/mol. The molecule has 8 heteroatoms. The summed E-state index contributed by atoms with van der Waals surface area (Å²) in [6.45, 7) is 3.89. The fraction of sp³-hybridized carbons (Fsp3) is 0.933. The van der Waals surface area contributed by atoms with Gasteiger partial charge in [-0.05, 0) is 25.7 Å². The van der Waals surface area contributed by atoms with Crippen LogP contribution in [-0.2, 0) is 24.3 Å². The Hall–Kier alpha value is -0.700. The van der Waals surface area contributed by atoms with Crippen LogP contribution in [0.2, 0.25) is 0 Å². The number of carbonyl (C=O) groups is 1. The van der Waals surface area contributed by atoms with E-state index < -0.39 is 10.0 Å². The standard InChI is InChI=1S/C15H26N2O5S/c1-23(19,20)17-8-10-21-12-15(11-17)4-6-16(7-5-15)14(18)13-3-2-9-22-13/h13H,2-12H2,1H3/t13-/m1/s1. The molecule has 0 bridgehead atoms. The molecule has 23 heavy (non-hydrogen) atoms. The lowest BCUT2D eigenvalue weighted by atomic mass is 9.79. The van der Waals surface area contributed by atoms with Crippen LogP contribution in [0.25, 0.3) is 0 Å². The van der Waals surface area contributed by atoms with E-state index in [9.17, 15) is 13.2 Å². The highest BCUT2D eigenvalue weighted by Crippen LogP contribution is 2.35. The number of amides is 1. The van der Waals surface area contributed by atoms with Crippen LogP contribution in [0, 0.1) is 5.41 Å². The summed E-state index contributed by atoms with van der Waals surface area (Å²) in [7, 11) is -3.21. The van der Waals surface area contributed by atoms with Gasteiger partial charge in [0, 0.05) is 38.2 Å². The average Bonchev–Trinajstić information content (AvgIpc) is 2.96. The Balaban J connectivity index is 1.63. The molecule has 0 saturated carbocycles. The van der Waals surface area contributed by atoms with Crippen LogP contribution in [0.1, 0.15) is 25.7 Å². The molecule has 0 aromatic rings. The van der Waals surface area contributed by atoms with E-state index in [2.05, 4.69) is 0 Å². The maximum atomic E-state index is 12.4. The Bertz CT molecular complexity index is 536. The molecule has 3 rings (SSSR count). The summed E-state index contributed by atoms with van der Waals surface area (Å²) in [6, 6.07) is 0. The third-order valence-corrected chi connectivity index (χ3v) is 6.46. The van der Waals surface area contributed by atoms with Crippen molar-refractivity contribution in [2.24, 2.45) is 5.41 Å². The highest BCUT2D eigenvalue weighted by Gasteiger charge is 2.42. The van der Waals surface area contributed by atoms with E-state index in [1.54, 1.807) is 0 Å². The Kier molecular flexibility index (Phi) is 4.96. The second-order valence-corrected chi connectivity index (χ2v) is 8.96. The molecule has 3 heterocycles. The molecule has 0 unspecified atom stereocenters. The van der Waals surface area contributed by atoms with E-state index in [1.165, 1.54) is 10.6 Å². The zero-order valence-electron chi connectivity index (χ0n) is 13.7. The second kappa shape index (κ2) is 6.66. The molecule has 132 valence electrons. The number of rotatable bonds is 2. The predicted molar refractivity (Wildman–Crippen MR) is 84.5 cm³/mol. The van der Waals surface area contributed by atoms with Crippen LogP contribution in [0.15, 0.2) is 0 Å². The molecule has 0 N–H and O–H groups in total. The van der Waals surface area contributed by atoms with E-state index in [-0.39, 0.29) is 17.4 Å². The number of carbonyl (C=O) groups excluding carboxylic acids is 1. The molecule has 0 aromatic carbocycles. The first-order valence-corrected chi connectivity index (χ1v) is 10.2. The minimum atomic E-state index is -3.21. The molecule has 0 aromatic heterocycles. The third-order valence-electron chi connectivity index (χ3n) is 5.21. The Morgan fingerprint density at radius 3 is 2.52 bits per heavy atom. The highest BCUT2D eigenvalue weighted by molar-refractivity contribution is 7.88. The topological polar surface area (TPSA) is 76.2 Å². The van der Waals surface area contributed by atoms with Gasteiger partial charge in [0.05, 0.1) is 19.5 Å². The van der Waals surface area contributed by atoms with Gasteiger partial charge in [-0.3, -0.25) is 4.79 Å². The summed E-state index contributed by atoms with van der Waals surface area (Å²) in [4.78, 5) is 14.3. The van der Waals surface area contributed by atoms with Gasteiger partial charge in [0.15, 0.2) is 0 Å². The zero-order chi connectivity index (χ0) is 16.5. The van der Waals surface area contributed by atoms with Gasteiger partial charge >= 0.3 is 0 Å². The number of ether oxygens (including phenoxy) is 2. The van der Waals surface area contributed by atoms with Gasteiger partial charge in [-0.25, -0.2) is 8.42 Å². The lowest BCUT2D eigenvalue weighted by Crippen LogP contribution is -2.51. The molecule has 3 aliphatic rings. The van der Waals surface area contributed by atoms with Crippen molar-refractivity contribution in [3.05, 3.63) is 0 Å². The molecule has 7 nitrogen and oxygen atoms in total. The van der Waals surface area contributed by atoms with E-state index in [0.717, 1.165) is 25.7 Å². The molecule has 3 aliphatic heterocycles. The summed E-state index contributed by atoms with van der Waals surface area (Å²) in [6.07, 6.45) is 4.29. The molecule has 1 amide bonds. The quantitative estimate of drug-likeness (QED) is 0.707. The van der Waals surface area contributed by atoms with Crippen LogP contribution in [0.5, 0.6) is 0 Å². The monoisotopic (exact) mass is 346 g/mol. The van der Waals surface area contributed by atoms with Crippen LogP contribution in [0.4, 0.5) is 0 Å². The van der Waals surface area contributed by atoms with Gasteiger partial charge in [0.1, 0.15) is 6.10 Å². The van der Waals surface area contributed by atoms with E-state index >= 15 is 0 Å². The summed E-state index contributed by atoms with van der Waals surface area (Å²) >= 11 is 0. The summed E-state index contributed by atoms with van der Waals surface area (Å²) in [5.41, 5.74) is -0.174. The summed E-state index contributed by atoms with van der Waals surface area (Å²) < 4.78 is 36.5. The van der Waals surface area contributed by atoms with E-state index in [0.29, 0.717) is 46.0 Å². The lowest BCUT2D eigenvalue weighted by Gasteiger charge is -2.42. The smallest absolute Gasteiger partial charge is 0.251 e. The highest BCUT2D eigenvalue weighted by atomic mass is 32.2. The van der Waals surface area contributed by atoms with Crippen molar-refractivity contribution < 1.29 is 22.7 Å². The molecule has 0 radical (unpaired) electrons. The fourth-order valence-corrected chi connectivity index (χ4v) is 4.63. The van der Waals surface area contributed by atoms with Crippen molar-refractivity contribution in [2.75, 3.05) is 52.3 Å². The minimum Gasteiger partial charge on any atom is -0.379 e. The minimum absolute atomic E-state index is 0.0897. The van der Waals surface area contributed by atoms with Gasteiger partial charge in [-0.2, -0.15) is 4.31 Å². The number of piperidine rings is 1. The first kappa shape index (κ1) is 17.1. The maximum Gasteiger partial charge on any atom is 0.251 e. The van der Waals surface area contributed by atoms with Gasteiger partial charge < -0.3 is 14.4 Å². The number of likely N-dealkylation sites (tertiary alicyclic amines) is 1.